The van der Waals surface area contributed by atoms with Gasteiger partial charge < -0.3 is 9.84 Å². The number of benzene rings is 1. The molecular weight excluding hydrogens is 336 g/mol. The van der Waals surface area contributed by atoms with Crippen LogP contribution in [0, 0.1) is 23.2 Å². The summed E-state index contributed by atoms with van der Waals surface area (Å²) in [6.07, 6.45) is 8.28. The molecule has 1 aromatic rings. The van der Waals surface area contributed by atoms with Crippen molar-refractivity contribution in [1.82, 2.24) is 0 Å². The molecule has 0 amide bonds. The van der Waals surface area contributed by atoms with Crippen LogP contribution < -0.4 is 0 Å². The summed E-state index contributed by atoms with van der Waals surface area (Å²) < 4.78 is 5.99. The Morgan fingerprint density at radius 2 is 2.07 bits per heavy atom. The second-order valence-corrected chi connectivity index (χ2v) is 9.40. The second kappa shape index (κ2) is 7.14. The van der Waals surface area contributed by atoms with E-state index in [1.54, 1.807) is 0 Å². The van der Waals surface area contributed by atoms with Gasteiger partial charge in [0.25, 0.3) is 0 Å². The standard InChI is InChI=1S/C24H34O3/c1-4-6-22(26)27-21-10-9-20-23-15(5-2)13-16-14-17(25)7-8-18(16)19(23)11-12-24(20,21)3/h7-8,14-15,19-21,23,25H,4-6,9-13H2,1-3H3/t15-,19?,20?,21+,23?,24+/m1/s1. The summed E-state index contributed by atoms with van der Waals surface area (Å²) in [7, 11) is 0. The van der Waals surface area contributed by atoms with Gasteiger partial charge in [-0.3, -0.25) is 4.79 Å². The van der Waals surface area contributed by atoms with Crippen LogP contribution in [0.15, 0.2) is 18.2 Å². The van der Waals surface area contributed by atoms with Crippen LogP contribution in [0.5, 0.6) is 5.75 Å². The third kappa shape index (κ3) is 3.07. The summed E-state index contributed by atoms with van der Waals surface area (Å²) in [4.78, 5) is 12.2. The number of fused-ring (bicyclic) bond motifs is 5. The molecule has 0 aromatic heterocycles. The van der Waals surface area contributed by atoms with E-state index in [9.17, 15) is 9.90 Å². The smallest absolute Gasteiger partial charge is 0.306 e. The van der Waals surface area contributed by atoms with Crippen molar-refractivity contribution in [2.45, 2.75) is 84.2 Å². The van der Waals surface area contributed by atoms with Crippen LogP contribution in [0.3, 0.4) is 0 Å². The molecule has 0 radical (unpaired) electrons. The topological polar surface area (TPSA) is 46.5 Å². The number of rotatable bonds is 4. The normalized spacial score (nSPS) is 37.2. The van der Waals surface area contributed by atoms with E-state index < -0.39 is 0 Å². The predicted molar refractivity (Wildman–Crippen MR) is 107 cm³/mol. The lowest BCUT2D eigenvalue weighted by Gasteiger charge is -2.53. The number of esters is 1. The van der Waals surface area contributed by atoms with E-state index in [1.165, 1.54) is 30.4 Å². The fourth-order valence-corrected chi connectivity index (χ4v) is 6.75. The summed E-state index contributed by atoms with van der Waals surface area (Å²) >= 11 is 0. The Morgan fingerprint density at radius 1 is 1.26 bits per heavy atom. The van der Waals surface area contributed by atoms with Gasteiger partial charge >= 0.3 is 5.97 Å². The summed E-state index contributed by atoms with van der Waals surface area (Å²) in [5.41, 5.74) is 2.96. The number of carbonyl (C=O) groups is 1. The Kier molecular flexibility index (Phi) is 4.98. The molecule has 3 unspecified atom stereocenters. The fourth-order valence-electron chi connectivity index (χ4n) is 6.75. The zero-order valence-corrected chi connectivity index (χ0v) is 17.0. The highest BCUT2D eigenvalue weighted by atomic mass is 16.5. The SMILES string of the molecule is CCCC(=O)O[C@H]1CCC2C3C(CC[C@@]21C)c1ccc(O)cc1C[C@H]3CC. The molecule has 2 saturated carbocycles. The van der Waals surface area contributed by atoms with Gasteiger partial charge in [-0.25, -0.2) is 0 Å². The minimum Gasteiger partial charge on any atom is -0.508 e. The first-order chi connectivity index (χ1) is 13.0. The average molecular weight is 371 g/mol. The molecule has 1 N–H and O–H groups in total. The monoisotopic (exact) mass is 370 g/mol. The molecule has 148 valence electrons. The molecule has 4 rings (SSSR count). The molecule has 0 aliphatic heterocycles. The van der Waals surface area contributed by atoms with Gasteiger partial charge in [0.05, 0.1) is 0 Å². The third-order valence-electron chi connectivity index (χ3n) is 8.05. The summed E-state index contributed by atoms with van der Waals surface area (Å²) in [6.45, 7) is 6.74. The Balaban J connectivity index is 1.63. The molecule has 3 heteroatoms. The van der Waals surface area contributed by atoms with Gasteiger partial charge in [-0.05, 0) is 85.5 Å². The van der Waals surface area contributed by atoms with Gasteiger partial charge in [-0.15, -0.1) is 0 Å². The minimum absolute atomic E-state index is 0.0111. The van der Waals surface area contributed by atoms with Crippen molar-refractivity contribution in [1.29, 1.82) is 0 Å². The molecule has 0 bridgehead atoms. The first-order valence-electron chi connectivity index (χ1n) is 11.0. The van der Waals surface area contributed by atoms with Crippen LogP contribution in [0.25, 0.3) is 0 Å². The number of hydrogen-bond acceptors (Lipinski definition) is 3. The van der Waals surface area contributed by atoms with Crippen LogP contribution in [0.1, 0.15) is 82.8 Å². The zero-order chi connectivity index (χ0) is 19.2. The van der Waals surface area contributed by atoms with Gasteiger partial charge in [-0.1, -0.05) is 33.3 Å². The van der Waals surface area contributed by atoms with Crippen LogP contribution >= 0.6 is 0 Å². The molecule has 0 heterocycles. The lowest BCUT2D eigenvalue weighted by Crippen LogP contribution is -2.48. The van der Waals surface area contributed by atoms with E-state index in [1.807, 2.05) is 19.1 Å². The lowest BCUT2D eigenvalue weighted by molar-refractivity contribution is -0.158. The van der Waals surface area contributed by atoms with Gasteiger partial charge in [0, 0.05) is 11.8 Å². The molecule has 6 atom stereocenters. The number of phenolic OH excluding ortho intramolecular Hbond substituents is 1. The van der Waals surface area contributed by atoms with Gasteiger partial charge in [0.15, 0.2) is 0 Å². The maximum Gasteiger partial charge on any atom is 0.306 e. The van der Waals surface area contributed by atoms with Crippen LogP contribution in [-0.4, -0.2) is 17.2 Å². The summed E-state index contributed by atoms with van der Waals surface area (Å²) in [5.74, 6) is 2.97. The summed E-state index contributed by atoms with van der Waals surface area (Å²) in [6, 6.07) is 6.02. The number of phenols is 1. The van der Waals surface area contributed by atoms with E-state index in [-0.39, 0.29) is 17.5 Å². The molecule has 0 saturated heterocycles. The molecule has 1 aromatic carbocycles. The first-order valence-corrected chi connectivity index (χ1v) is 11.0. The van der Waals surface area contributed by atoms with E-state index in [0.29, 0.717) is 35.8 Å². The lowest BCUT2D eigenvalue weighted by atomic mass is 9.52. The maximum atomic E-state index is 12.2. The quantitative estimate of drug-likeness (QED) is 0.702. The van der Waals surface area contributed by atoms with Crippen LogP contribution in [0.4, 0.5) is 0 Å². The molecule has 3 aliphatic carbocycles. The largest absolute Gasteiger partial charge is 0.508 e. The zero-order valence-electron chi connectivity index (χ0n) is 17.0. The first kappa shape index (κ1) is 18.8. The van der Waals surface area contributed by atoms with Crippen molar-refractivity contribution in [2.75, 3.05) is 0 Å². The number of ether oxygens (including phenoxy) is 1. The van der Waals surface area contributed by atoms with Crippen molar-refractivity contribution in [3.63, 3.8) is 0 Å². The Labute approximate surface area is 163 Å². The number of hydrogen-bond donors (Lipinski definition) is 1. The Morgan fingerprint density at radius 3 is 2.81 bits per heavy atom. The fraction of sp³-hybridized carbons (Fsp3) is 0.708. The van der Waals surface area contributed by atoms with Crippen molar-refractivity contribution in [2.24, 2.45) is 23.2 Å². The molecule has 0 spiro atoms. The highest BCUT2D eigenvalue weighted by molar-refractivity contribution is 5.69. The van der Waals surface area contributed by atoms with E-state index in [0.717, 1.165) is 25.7 Å². The molecule has 2 fully saturated rings. The molecule has 3 aliphatic rings. The Hall–Kier alpha value is -1.51. The predicted octanol–water partition coefficient (Wildman–Crippen LogP) is 5.60. The van der Waals surface area contributed by atoms with Gasteiger partial charge in [0.1, 0.15) is 11.9 Å². The second-order valence-electron chi connectivity index (χ2n) is 9.40. The van der Waals surface area contributed by atoms with E-state index in [2.05, 4.69) is 19.9 Å². The van der Waals surface area contributed by atoms with Crippen molar-refractivity contribution in [3.05, 3.63) is 29.3 Å². The van der Waals surface area contributed by atoms with E-state index >= 15 is 0 Å². The van der Waals surface area contributed by atoms with Crippen molar-refractivity contribution in [3.8, 4) is 5.75 Å². The van der Waals surface area contributed by atoms with Gasteiger partial charge in [0.2, 0.25) is 0 Å². The van der Waals surface area contributed by atoms with Crippen LogP contribution in [0.2, 0.25) is 0 Å². The van der Waals surface area contributed by atoms with E-state index in [4.69, 9.17) is 4.74 Å². The third-order valence-corrected chi connectivity index (χ3v) is 8.05. The van der Waals surface area contributed by atoms with Crippen molar-refractivity contribution >= 4 is 5.97 Å². The maximum absolute atomic E-state index is 12.2. The Bertz CT molecular complexity index is 712. The van der Waals surface area contributed by atoms with Crippen molar-refractivity contribution < 1.29 is 14.6 Å². The van der Waals surface area contributed by atoms with Crippen LogP contribution in [-0.2, 0) is 16.0 Å². The average Bonchev–Trinajstić information content (AvgIpc) is 2.97. The number of carbonyl (C=O) groups excluding carboxylic acids is 1. The minimum atomic E-state index is -0.0111. The van der Waals surface area contributed by atoms with Gasteiger partial charge in [-0.2, -0.15) is 0 Å². The molecule has 27 heavy (non-hydrogen) atoms. The molecule has 3 nitrogen and oxygen atoms in total. The highest BCUT2D eigenvalue weighted by Crippen LogP contribution is 2.63. The highest BCUT2D eigenvalue weighted by Gasteiger charge is 2.57. The summed E-state index contributed by atoms with van der Waals surface area (Å²) in [5, 5.41) is 9.95. The number of aromatic hydroxyl groups is 1. The molecular formula is C24H34O3.